The van der Waals surface area contributed by atoms with Crippen LogP contribution in [0.2, 0.25) is 0 Å². The molecular weight excluding hydrogens is 362 g/mol. The van der Waals surface area contributed by atoms with Crippen LogP contribution in [0.25, 0.3) is 0 Å². The van der Waals surface area contributed by atoms with E-state index in [-0.39, 0.29) is 17.8 Å². The largest absolute Gasteiger partial charge is 0.396 e. The number of nitrogens with zero attached hydrogens (tertiary/aromatic N) is 1. The van der Waals surface area contributed by atoms with Crippen molar-refractivity contribution in [1.82, 2.24) is 4.90 Å². The fraction of sp³-hybridized carbons (Fsp3) is 0.520. The quantitative estimate of drug-likeness (QED) is 0.532. The lowest BCUT2D eigenvalue weighted by molar-refractivity contribution is -0.127. The summed E-state index contributed by atoms with van der Waals surface area (Å²) >= 11 is 0. The van der Waals surface area contributed by atoms with Crippen LogP contribution >= 0.6 is 0 Å². The van der Waals surface area contributed by atoms with E-state index in [2.05, 4.69) is 79.4 Å². The van der Waals surface area contributed by atoms with Gasteiger partial charge in [-0.1, -0.05) is 60.7 Å². The number of hydrogen-bond donors (Lipinski definition) is 1. The Bertz CT molecular complexity index is 644. The zero-order valence-electron chi connectivity index (χ0n) is 18.4. The Morgan fingerprint density at radius 1 is 0.759 bits per heavy atom. The number of ether oxygens (including phenoxy) is 2. The van der Waals surface area contributed by atoms with Gasteiger partial charge in [0.1, 0.15) is 0 Å². The molecule has 2 aromatic rings. The highest BCUT2D eigenvalue weighted by molar-refractivity contribution is 5.17. The lowest BCUT2D eigenvalue weighted by atomic mass is 10.1. The van der Waals surface area contributed by atoms with Gasteiger partial charge in [0.25, 0.3) is 0 Å². The molecule has 0 aliphatic heterocycles. The molecule has 2 aromatic carbocycles. The average molecular weight is 400 g/mol. The molecular formula is C25H37NO3. The van der Waals surface area contributed by atoms with Crippen molar-refractivity contribution in [2.24, 2.45) is 0 Å². The van der Waals surface area contributed by atoms with Crippen LogP contribution in [-0.2, 0) is 22.6 Å². The molecule has 0 unspecified atom stereocenters. The van der Waals surface area contributed by atoms with Crippen molar-refractivity contribution in [2.75, 3.05) is 26.4 Å². The van der Waals surface area contributed by atoms with Crippen LogP contribution in [0.1, 0.15) is 45.2 Å². The van der Waals surface area contributed by atoms with Gasteiger partial charge < -0.3 is 14.6 Å². The molecule has 0 saturated heterocycles. The molecule has 29 heavy (non-hydrogen) atoms. The lowest BCUT2D eigenvalue weighted by Crippen LogP contribution is -2.39. The van der Waals surface area contributed by atoms with Gasteiger partial charge in [0, 0.05) is 26.2 Å². The number of aliphatic hydroxyl groups is 1. The Labute approximate surface area is 176 Å². The molecule has 0 amide bonds. The van der Waals surface area contributed by atoms with E-state index >= 15 is 0 Å². The number of benzene rings is 2. The Morgan fingerprint density at radius 3 is 1.76 bits per heavy atom. The van der Waals surface area contributed by atoms with Gasteiger partial charge in [-0.15, -0.1) is 0 Å². The van der Waals surface area contributed by atoms with E-state index in [0.29, 0.717) is 19.6 Å². The van der Waals surface area contributed by atoms with E-state index in [1.165, 1.54) is 11.1 Å². The number of hydrogen-bond acceptors (Lipinski definition) is 4. The van der Waals surface area contributed by atoms with E-state index in [1.807, 2.05) is 13.8 Å². The van der Waals surface area contributed by atoms with Crippen LogP contribution in [0.3, 0.4) is 0 Å². The van der Waals surface area contributed by atoms with Crippen molar-refractivity contribution in [3.8, 4) is 0 Å². The van der Waals surface area contributed by atoms with Gasteiger partial charge in [-0.2, -0.15) is 0 Å². The average Bonchev–Trinajstić information content (AvgIpc) is 2.68. The van der Waals surface area contributed by atoms with E-state index in [0.717, 1.165) is 19.6 Å². The third kappa shape index (κ3) is 9.55. The van der Waals surface area contributed by atoms with Crippen LogP contribution < -0.4 is 0 Å². The molecule has 4 heteroatoms. The summed E-state index contributed by atoms with van der Waals surface area (Å²) in [6.07, 6.45) is 0.616. The summed E-state index contributed by atoms with van der Waals surface area (Å²) < 4.78 is 12.2. The highest BCUT2D eigenvalue weighted by atomic mass is 16.6. The maximum atomic E-state index is 9.16. The number of rotatable bonds is 13. The van der Waals surface area contributed by atoms with Crippen LogP contribution in [-0.4, -0.2) is 47.6 Å². The SMILES string of the molecule is CC(C)(CCO)OCC(C)(C)OCCN(Cc1ccccc1)Cc1ccccc1. The van der Waals surface area contributed by atoms with Crippen molar-refractivity contribution in [3.63, 3.8) is 0 Å². The zero-order chi connectivity index (χ0) is 21.2. The fourth-order valence-corrected chi connectivity index (χ4v) is 3.10. The van der Waals surface area contributed by atoms with Crippen molar-refractivity contribution in [1.29, 1.82) is 0 Å². The maximum absolute atomic E-state index is 9.16. The van der Waals surface area contributed by atoms with Crippen LogP contribution in [0.15, 0.2) is 60.7 Å². The summed E-state index contributed by atoms with van der Waals surface area (Å²) in [6, 6.07) is 21.1. The molecule has 0 radical (unpaired) electrons. The normalized spacial score (nSPS) is 12.5. The standard InChI is InChI=1S/C25H37NO3/c1-24(2,15-17-27)29-21-25(3,4)28-18-16-26(19-22-11-7-5-8-12-22)20-23-13-9-6-10-14-23/h5-14,27H,15-21H2,1-4H3. The predicted molar refractivity (Wildman–Crippen MR) is 119 cm³/mol. The summed E-state index contributed by atoms with van der Waals surface area (Å²) in [5, 5.41) is 9.16. The molecule has 0 saturated carbocycles. The Balaban J connectivity index is 1.89. The first-order valence-corrected chi connectivity index (χ1v) is 10.5. The molecule has 160 valence electrons. The molecule has 0 spiro atoms. The third-order valence-corrected chi connectivity index (χ3v) is 4.92. The molecule has 0 aliphatic rings. The van der Waals surface area contributed by atoms with Gasteiger partial charge in [-0.3, -0.25) is 4.90 Å². The monoisotopic (exact) mass is 399 g/mol. The molecule has 0 aliphatic carbocycles. The van der Waals surface area contributed by atoms with Crippen LogP contribution in [0.4, 0.5) is 0 Å². The van der Waals surface area contributed by atoms with Gasteiger partial charge in [0.05, 0.1) is 24.4 Å². The first-order chi connectivity index (χ1) is 13.8. The van der Waals surface area contributed by atoms with Crippen molar-refractivity contribution < 1.29 is 14.6 Å². The highest BCUT2D eigenvalue weighted by Gasteiger charge is 2.25. The zero-order valence-corrected chi connectivity index (χ0v) is 18.4. The van der Waals surface area contributed by atoms with Gasteiger partial charge >= 0.3 is 0 Å². The molecule has 4 nitrogen and oxygen atoms in total. The van der Waals surface area contributed by atoms with Crippen molar-refractivity contribution in [2.45, 2.75) is 58.4 Å². The molecule has 1 N–H and O–H groups in total. The van der Waals surface area contributed by atoms with Crippen LogP contribution in [0.5, 0.6) is 0 Å². The van der Waals surface area contributed by atoms with Crippen molar-refractivity contribution in [3.05, 3.63) is 71.8 Å². The van der Waals surface area contributed by atoms with E-state index in [4.69, 9.17) is 14.6 Å². The second kappa shape index (κ2) is 11.5. The summed E-state index contributed by atoms with van der Waals surface area (Å²) in [5.74, 6) is 0. The molecule has 0 heterocycles. The first-order valence-electron chi connectivity index (χ1n) is 10.5. The van der Waals surface area contributed by atoms with Gasteiger partial charge in [-0.05, 0) is 45.2 Å². The molecule has 2 rings (SSSR count). The minimum Gasteiger partial charge on any atom is -0.396 e. The summed E-state index contributed by atoms with van der Waals surface area (Å²) in [5.41, 5.74) is 1.88. The highest BCUT2D eigenvalue weighted by Crippen LogP contribution is 2.19. The lowest BCUT2D eigenvalue weighted by Gasteiger charge is -2.32. The van der Waals surface area contributed by atoms with E-state index in [9.17, 15) is 0 Å². The predicted octanol–water partition coefficient (Wildman–Crippen LogP) is 4.66. The Morgan fingerprint density at radius 2 is 1.28 bits per heavy atom. The van der Waals surface area contributed by atoms with Gasteiger partial charge in [-0.25, -0.2) is 0 Å². The maximum Gasteiger partial charge on any atom is 0.0859 e. The second-order valence-corrected chi connectivity index (χ2v) is 8.81. The Hall–Kier alpha value is -1.72. The van der Waals surface area contributed by atoms with Crippen molar-refractivity contribution >= 4 is 0 Å². The Kier molecular flexibility index (Phi) is 9.31. The van der Waals surface area contributed by atoms with Gasteiger partial charge in [0.2, 0.25) is 0 Å². The summed E-state index contributed by atoms with van der Waals surface area (Å²) in [6.45, 7) is 12.0. The molecule has 0 fully saturated rings. The first kappa shape index (κ1) is 23.6. The van der Waals surface area contributed by atoms with Gasteiger partial charge in [0.15, 0.2) is 0 Å². The van der Waals surface area contributed by atoms with Crippen LogP contribution in [0, 0.1) is 0 Å². The molecule has 0 aromatic heterocycles. The smallest absolute Gasteiger partial charge is 0.0859 e. The minimum absolute atomic E-state index is 0.127. The van der Waals surface area contributed by atoms with E-state index in [1.54, 1.807) is 0 Å². The summed E-state index contributed by atoms with van der Waals surface area (Å²) in [7, 11) is 0. The minimum atomic E-state index is -0.377. The summed E-state index contributed by atoms with van der Waals surface area (Å²) in [4.78, 5) is 2.41. The number of aliphatic hydroxyl groups excluding tert-OH is 1. The molecule has 0 atom stereocenters. The second-order valence-electron chi connectivity index (χ2n) is 8.81. The molecule has 0 bridgehead atoms. The topological polar surface area (TPSA) is 41.9 Å². The van der Waals surface area contributed by atoms with E-state index < -0.39 is 0 Å². The fourth-order valence-electron chi connectivity index (χ4n) is 3.10. The third-order valence-electron chi connectivity index (χ3n) is 4.92.